The first-order valence-corrected chi connectivity index (χ1v) is 7.74. The third-order valence-corrected chi connectivity index (χ3v) is 4.59. The van der Waals surface area contributed by atoms with Crippen molar-refractivity contribution in [2.75, 3.05) is 18.1 Å². The highest BCUT2D eigenvalue weighted by molar-refractivity contribution is 5.85. The summed E-state index contributed by atoms with van der Waals surface area (Å²) < 4.78 is 0. The van der Waals surface area contributed by atoms with Crippen LogP contribution in [-0.4, -0.2) is 46.2 Å². The molecule has 2 fully saturated rings. The van der Waals surface area contributed by atoms with Gasteiger partial charge in [-0.05, 0) is 31.7 Å². The molecule has 3 rings (SSSR count). The SMILES string of the molecule is O=C(NC1CCCC1CO)C1CCCN1c1ncccn1. The summed E-state index contributed by atoms with van der Waals surface area (Å²) in [5, 5.41) is 12.5. The lowest BCUT2D eigenvalue weighted by atomic mass is 10.0. The molecule has 0 aromatic carbocycles. The third kappa shape index (κ3) is 3.00. The summed E-state index contributed by atoms with van der Waals surface area (Å²) in [5.74, 6) is 0.877. The number of hydrogen-bond donors (Lipinski definition) is 2. The summed E-state index contributed by atoms with van der Waals surface area (Å²) in [6.45, 7) is 0.970. The Morgan fingerprint density at radius 2 is 2.10 bits per heavy atom. The highest BCUT2D eigenvalue weighted by Crippen LogP contribution is 2.27. The normalized spacial score (nSPS) is 28.8. The van der Waals surface area contributed by atoms with Crippen LogP contribution in [0.2, 0.25) is 0 Å². The van der Waals surface area contributed by atoms with Crippen LogP contribution in [0.4, 0.5) is 5.95 Å². The zero-order valence-electron chi connectivity index (χ0n) is 12.1. The lowest BCUT2D eigenvalue weighted by Gasteiger charge is -2.26. The number of nitrogens with zero attached hydrogens (tertiary/aromatic N) is 3. The standard InChI is InChI=1S/C15H22N4O2/c20-10-11-4-1-5-12(11)18-14(21)13-6-2-9-19(13)15-16-7-3-8-17-15/h3,7-8,11-13,20H,1-2,4-6,9-10H2,(H,18,21). The average molecular weight is 290 g/mol. The number of carbonyl (C=O) groups excluding carboxylic acids is 1. The summed E-state index contributed by atoms with van der Waals surface area (Å²) in [4.78, 5) is 23.0. The van der Waals surface area contributed by atoms with Crippen molar-refractivity contribution in [1.29, 1.82) is 0 Å². The van der Waals surface area contributed by atoms with E-state index in [1.165, 1.54) is 0 Å². The first-order valence-electron chi connectivity index (χ1n) is 7.74. The Bertz CT molecular complexity index is 482. The summed E-state index contributed by atoms with van der Waals surface area (Å²) in [7, 11) is 0. The molecule has 114 valence electrons. The Morgan fingerprint density at radius 1 is 1.29 bits per heavy atom. The predicted octanol–water partition coefficient (Wildman–Crippen LogP) is 0.723. The van der Waals surface area contributed by atoms with Gasteiger partial charge < -0.3 is 15.3 Å². The van der Waals surface area contributed by atoms with Gasteiger partial charge in [0.05, 0.1) is 0 Å². The molecule has 1 aliphatic carbocycles. The highest BCUT2D eigenvalue weighted by Gasteiger charge is 2.35. The van der Waals surface area contributed by atoms with E-state index in [0.717, 1.165) is 38.6 Å². The van der Waals surface area contributed by atoms with Crippen LogP contribution in [-0.2, 0) is 4.79 Å². The molecule has 0 radical (unpaired) electrons. The minimum atomic E-state index is -0.188. The van der Waals surface area contributed by atoms with E-state index in [0.29, 0.717) is 5.95 Å². The second-order valence-electron chi connectivity index (χ2n) is 5.89. The van der Waals surface area contributed by atoms with E-state index in [1.807, 2.05) is 4.90 Å². The van der Waals surface area contributed by atoms with Gasteiger partial charge in [0.15, 0.2) is 0 Å². The summed E-state index contributed by atoms with van der Waals surface area (Å²) >= 11 is 0. The summed E-state index contributed by atoms with van der Waals surface area (Å²) in [5.41, 5.74) is 0. The Labute approximate surface area is 124 Å². The van der Waals surface area contributed by atoms with Crippen molar-refractivity contribution in [2.45, 2.75) is 44.2 Å². The zero-order valence-corrected chi connectivity index (χ0v) is 12.1. The molecule has 1 amide bonds. The van der Waals surface area contributed by atoms with Gasteiger partial charge in [-0.25, -0.2) is 9.97 Å². The Balaban J connectivity index is 1.66. The number of anilines is 1. The minimum Gasteiger partial charge on any atom is -0.396 e. The fourth-order valence-corrected chi connectivity index (χ4v) is 3.44. The first-order chi connectivity index (χ1) is 10.3. The van der Waals surface area contributed by atoms with Crippen molar-refractivity contribution in [1.82, 2.24) is 15.3 Å². The number of aromatic nitrogens is 2. The molecular weight excluding hydrogens is 268 g/mol. The second kappa shape index (κ2) is 6.39. The quantitative estimate of drug-likeness (QED) is 0.854. The molecule has 2 heterocycles. The summed E-state index contributed by atoms with van der Waals surface area (Å²) in [6, 6.07) is 1.70. The predicted molar refractivity (Wildman–Crippen MR) is 78.8 cm³/mol. The molecule has 2 aliphatic rings. The number of aliphatic hydroxyl groups excluding tert-OH is 1. The van der Waals surface area contributed by atoms with Crippen molar-refractivity contribution in [3.63, 3.8) is 0 Å². The third-order valence-electron chi connectivity index (χ3n) is 4.59. The molecule has 6 nitrogen and oxygen atoms in total. The van der Waals surface area contributed by atoms with Crippen LogP contribution in [0.1, 0.15) is 32.1 Å². The van der Waals surface area contributed by atoms with Crippen LogP contribution in [0.15, 0.2) is 18.5 Å². The number of aliphatic hydroxyl groups is 1. The van der Waals surface area contributed by atoms with E-state index in [-0.39, 0.29) is 30.5 Å². The second-order valence-corrected chi connectivity index (χ2v) is 5.89. The maximum atomic E-state index is 12.6. The van der Waals surface area contributed by atoms with E-state index >= 15 is 0 Å². The van der Waals surface area contributed by atoms with Crippen molar-refractivity contribution in [3.8, 4) is 0 Å². The molecule has 1 saturated heterocycles. The van der Waals surface area contributed by atoms with E-state index < -0.39 is 0 Å². The number of hydrogen-bond acceptors (Lipinski definition) is 5. The van der Waals surface area contributed by atoms with Gasteiger partial charge in [0.2, 0.25) is 11.9 Å². The average Bonchev–Trinajstić information content (AvgIpc) is 3.16. The molecule has 3 unspecified atom stereocenters. The molecule has 21 heavy (non-hydrogen) atoms. The van der Waals surface area contributed by atoms with Gasteiger partial charge in [-0.2, -0.15) is 0 Å². The Morgan fingerprint density at radius 3 is 2.86 bits per heavy atom. The zero-order chi connectivity index (χ0) is 14.7. The van der Waals surface area contributed by atoms with Crippen LogP contribution in [0.3, 0.4) is 0 Å². The number of amides is 1. The fourth-order valence-electron chi connectivity index (χ4n) is 3.44. The molecule has 1 aromatic rings. The molecule has 3 atom stereocenters. The van der Waals surface area contributed by atoms with Gasteiger partial charge >= 0.3 is 0 Å². The van der Waals surface area contributed by atoms with Crippen LogP contribution in [0, 0.1) is 5.92 Å². The fraction of sp³-hybridized carbons (Fsp3) is 0.667. The lowest BCUT2D eigenvalue weighted by Crippen LogP contribution is -2.48. The monoisotopic (exact) mass is 290 g/mol. The molecule has 1 aromatic heterocycles. The molecule has 2 N–H and O–H groups in total. The van der Waals surface area contributed by atoms with Crippen LogP contribution in [0.25, 0.3) is 0 Å². The van der Waals surface area contributed by atoms with Crippen LogP contribution in [0.5, 0.6) is 0 Å². The highest BCUT2D eigenvalue weighted by atomic mass is 16.3. The van der Waals surface area contributed by atoms with Gasteiger partial charge in [-0.3, -0.25) is 4.79 Å². The number of rotatable bonds is 4. The molecule has 1 saturated carbocycles. The smallest absolute Gasteiger partial charge is 0.243 e. The minimum absolute atomic E-state index is 0.0466. The van der Waals surface area contributed by atoms with Crippen molar-refractivity contribution in [3.05, 3.63) is 18.5 Å². The Hall–Kier alpha value is -1.69. The summed E-state index contributed by atoms with van der Waals surface area (Å²) in [6.07, 6.45) is 8.25. The van der Waals surface area contributed by atoms with Crippen molar-refractivity contribution < 1.29 is 9.90 Å². The molecule has 0 bridgehead atoms. The maximum absolute atomic E-state index is 12.6. The molecular formula is C15H22N4O2. The maximum Gasteiger partial charge on any atom is 0.243 e. The van der Waals surface area contributed by atoms with Crippen LogP contribution < -0.4 is 10.2 Å². The molecule has 1 aliphatic heterocycles. The van der Waals surface area contributed by atoms with Gasteiger partial charge in [0, 0.05) is 37.5 Å². The molecule has 6 heteroatoms. The van der Waals surface area contributed by atoms with Crippen molar-refractivity contribution >= 4 is 11.9 Å². The van der Waals surface area contributed by atoms with E-state index in [2.05, 4.69) is 15.3 Å². The number of nitrogens with one attached hydrogen (secondary N) is 1. The van der Waals surface area contributed by atoms with Gasteiger partial charge in [-0.15, -0.1) is 0 Å². The Kier molecular flexibility index (Phi) is 4.34. The van der Waals surface area contributed by atoms with E-state index in [1.54, 1.807) is 18.5 Å². The van der Waals surface area contributed by atoms with E-state index in [4.69, 9.17) is 0 Å². The van der Waals surface area contributed by atoms with Crippen LogP contribution >= 0.6 is 0 Å². The van der Waals surface area contributed by atoms with Gasteiger partial charge in [-0.1, -0.05) is 6.42 Å². The lowest BCUT2D eigenvalue weighted by molar-refractivity contribution is -0.123. The van der Waals surface area contributed by atoms with E-state index in [9.17, 15) is 9.90 Å². The van der Waals surface area contributed by atoms with Gasteiger partial charge in [0.1, 0.15) is 6.04 Å². The van der Waals surface area contributed by atoms with Gasteiger partial charge in [0.25, 0.3) is 0 Å². The first kappa shape index (κ1) is 14.3. The topological polar surface area (TPSA) is 78.4 Å². The largest absolute Gasteiger partial charge is 0.396 e. The van der Waals surface area contributed by atoms with Crippen molar-refractivity contribution in [2.24, 2.45) is 5.92 Å². The number of carbonyl (C=O) groups is 1. The molecule has 0 spiro atoms.